The molecular formula is C16H18BrN. The molecule has 0 amide bonds. The molecule has 0 heterocycles. The van der Waals surface area contributed by atoms with Crippen molar-refractivity contribution < 1.29 is 0 Å². The minimum Gasteiger partial charge on any atom is -0.286 e. The summed E-state index contributed by atoms with van der Waals surface area (Å²) in [5.41, 5.74) is 1.54. The van der Waals surface area contributed by atoms with Crippen LogP contribution in [0.5, 0.6) is 0 Å². The average molecular weight is 304 g/mol. The molecule has 4 aliphatic carbocycles. The van der Waals surface area contributed by atoms with E-state index in [2.05, 4.69) is 46.4 Å². The fraction of sp³-hybridized carbons (Fsp3) is 0.562. The Morgan fingerprint density at radius 1 is 1.17 bits per heavy atom. The fourth-order valence-electron chi connectivity index (χ4n) is 4.72. The van der Waals surface area contributed by atoms with Crippen molar-refractivity contribution in [2.45, 2.75) is 37.6 Å². The summed E-state index contributed by atoms with van der Waals surface area (Å²) in [5.74, 6) is 2.99. The van der Waals surface area contributed by atoms with Crippen LogP contribution in [-0.2, 0) is 0 Å². The summed E-state index contributed by atoms with van der Waals surface area (Å²) in [7, 11) is 0. The summed E-state index contributed by atoms with van der Waals surface area (Å²) in [5, 5.41) is 0. The standard InChI is InChI=1S/C16H18BrN/c17-15-3-1-2-11(6-15)10-18-16-7-12-4-13(8-16)14(5-12)9-16/h1-3,6,10,12-14H,4-5,7-9H2/b18-10+. The zero-order chi connectivity index (χ0) is 12.2. The molecule has 4 fully saturated rings. The van der Waals surface area contributed by atoms with Crippen molar-refractivity contribution in [1.82, 2.24) is 0 Å². The van der Waals surface area contributed by atoms with E-state index in [1.807, 2.05) is 0 Å². The van der Waals surface area contributed by atoms with E-state index < -0.39 is 0 Å². The van der Waals surface area contributed by atoms with Crippen LogP contribution >= 0.6 is 15.9 Å². The molecule has 0 aliphatic heterocycles. The number of aliphatic imine (C=N–C) groups is 1. The summed E-state index contributed by atoms with van der Waals surface area (Å²) >= 11 is 3.52. The van der Waals surface area contributed by atoms with E-state index in [1.165, 1.54) is 37.7 Å². The van der Waals surface area contributed by atoms with Crippen LogP contribution in [0.2, 0.25) is 0 Å². The van der Waals surface area contributed by atoms with Crippen molar-refractivity contribution in [1.29, 1.82) is 0 Å². The Bertz CT molecular complexity index is 488. The lowest BCUT2D eigenvalue weighted by Crippen LogP contribution is -2.32. The van der Waals surface area contributed by atoms with Crippen LogP contribution in [-0.4, -0.2) is 11.8 Å². The van der Waals surface area contributed by atoms with Gasteiger partial charge in [-0.1, -0.05) is 28.1 Å². The molecule has 0 spiro atoms. The quantitative estimate of drug-likeness (QED) is 0.716. The summed E-state index contributed by atoms with van der Waals surface area (Å²) in [6.45, 7) is 0. The van der Waals surface area contributed by atoms with E-state index in [-0.39, 0.29) is 0 Å². The molecule has 4 bridgehead atoms. The van der Waals surface area contributed by atoms with Gasteiger partial charge in [0.2, 0.25) is 0 Å². The van der Waals surface area contributed by atoms with Crippen LogP contribution in [0.15, 0.2) is 33.7 Å². The molecule has 1 aromatic rings. The van der Waals surface area contributed by atoms with Gasteiger partial charge < -0.3 is 0 Å². The topological polar surface area (TPSA) is 12.4 Å². The predicted octanol–water partition coefficient (Wildman–Crippen LogP) is 4.45. The first kappa shape index (κ1) is 11.2. The number of nitrogens with zero attached hydrogens (tertiary/aromatic N) is 1. The Balaban J connectivity index is 1.58. The predicted molar refractivity (Wildman–Crippen MR) is 78.0 cm³/mol. The van der Waals surface area contributed by atoms with Crippen molar-refractivity contribution in [2.75, 3.05) is 0 Å². The normalized spacial score (nSPS) is 41.1. The SMILES string of the molecule is Brc1cccc(/C=N/C23CC4CC(C2)C(C4)C3)c1. The van der Waals surface area contributed by atoms with Crippen LogP contribution in [0.3, 0.4) is 0 Å². The molecule has 18 heavy (non-hydrogen) atoms. The molecule has 4 aliphatic rings. The molecule has 2 heteroatoms. The Morgan fingerprint density at radius 3 is 2.61 bits per heavy atom. The number of benzene rings is 1. The zero-order valence-electron chi connectivity index (χ0n) is 10.5. The third kappa shape index (κ3) is 1.77. The van der Waals surface area contributed by atoms with Gasteiger partial charge in [0.1, 0.15) is 0 Å². The largest absolute Gasteiger partial charge is 0.286 e. The van der Waals surface area contributed by atoms with Crippen LogP contribution in [0.25, 0.3) is 0 Å². The second kappa shape index (κ2) is 3.93. The molecule has 1 nitrogen and oxygen atoms in total. The van der Waals surface area contributed by atoms with E-state index in [9.17, 15) is 0 Å². The lowest BCUT2D eigenvalue weighted by atomic mass is 9.76. The van der Waals surface area contributed by atoms with Gasteiger partial charge in [0.25, 0.3) is 0 Å². The molecule has 0 aromatic heterocycles. The maximum Gasteiger partial charge on any atom is 0.0616 e. The second-order valence-electron chi connectivity index (χ2n) is 6.51. The maximum atomic E-state index is 5.02. The van der Waals surface area contributed by atoms with E-state index in [0.717, 1.165) is 22.2 Å². The zero-order valence-corrected chi connectivity index (χ0v) is 12.1. The lowest BCUT2D eigenvalue weighted by Gasteiger charge is -2.34. The highest BCUT2D eigenvalue weighted by atomic mass is 79.9. The highest BCUT2D eigenvalue weighted by Gasteiger charge is 2.55. The highest BCUT2D eigenvalue weighted by molar-refractivity contribution is 9.10. The first-order valence-corrected chi connectivity index (χ1v) is 7.83. The average Bonchev–Trinajstić information content (AvgIpc) is 2.75. The monoisotopic (exact) mass is 303 g/mol. The van der Waals surface area contributed by atoms with Crippen molar-refractivity contribution in [3.05, 3.63) is 34.3 Å². The molecule has 0 N–H and O–H groups in total. The Kier molecular flexibility index (Phi) is 2.45. The third-order valence-corrected chi connectivity index (χ3v) is 5.72. The fourth-order valence-corrected chi connectivity index (χ4v) is 5.14. The van der Waals surface area contributed by atoms with Gasteiger partial charge in [-0.25, -0.2) is 0 Å². The molecule has 4 saturated carbocycles. The van der Waals surface area contributed by atoms with Crippen molar-refractivity contribution in [2.24, 2.45) is 22.7 Å². The molecule has 1 aromatic carbocycles. The molecule has 94 valence electrons. The summed E-state index contributed by atoms with van der Waals surface area (Å²) < 4.78 is 1.14. The van der Waals surface area contributed by atoms with Gasteiger partial charge in [-0.3, -0.25) is 4.99 Å². The third-order valence-electron chi connectivity index (χ3n) is 5.23. The molecule has 2 unspecified atom stereocenters. The molecule has 0 saturated heterocycles. The number of hydrogen-bond donors (Lipinski definition) is 0. The minimum atomic E-state index is 0.318. The van der Waals surface area contributed by atoms with E-state index in [4.69, 9.17) is 4.99 Å². The van der Waals surface area contributed by atoms with Gasteiger partial charge in [0, 0.05) is 10.7 Å². The van der Waals surface area contributed by atoms with Crippen LogP contribution in [0.1, 0.15) is 37.7 Å². The number of hydrogen-bond acceptors (Lipinski definition) is 1. The highest BCUT2D eigenvalue weighted by Crippen LogP contribution is 2.61. The maximum absolute atomic E-state index is 5.02. The number of rotatable bonds is 2. The molecule has 2 atom stereocenters. The van der Waals surface area contributed by atoms with E-state index in [0.29, 0.717) is 5.54 Å². The van der Waals surface area contributed by atoms with Gasteiger partial charge in [-0.15, -0.1) is 0 Å². The van der Waals surface area contributed by atoms with Crippen molar-refractivity contribution in [3.63, 3.8) is 0 Å². The van der Waals surface area contributed by atoms with Gasteiger partial charge in [-0.2, -0.15) is 0 Å². The molecule has 0 radical (unpaired) electrons. The molecular weight excluding hydrogens is 286 g/mol. The minimum absolute atomic E-state index is 0.318. The van der Waals surface area contributed by atoms with Gasteiger partial charge in [-0.05, 0) is 67.6 Å². The van der Waals surface area contributed by atoms with E-state index >= 15 is 0 Å². The van der Waals surface area contributed by atoms with E-state index in [1.54, 1.807) is 0 Å². The summed E-state index contributed by atoms with van der Waals surface area (Å²) in [6, 6.07) is 8.44. The first-order chi connectivity index (χ1) is 8.72. The number of halogens is 1. The summed E-state index contributed by atoms with van der Waals surface area (Å²) in [6.07, 6.45) is 9.18. The Labute approximate surface area is 117 Å². The van der Waals surface area contributed by atoms with Crippen LogP contribution < -0.4 is 0 Å². The van der Waals surface area contributed by atoms with Gasteiger partial charge in [0.15, 0.2) is 0 Å². The molecule has 5 rings (SSSR count). The van der Waals surface area contributed by atoms with Crippen LogP contribution in [0.4, 0.5) is 0 Å². The van der Waals surface area contributed by atoms with Gasteiger partial charge in [0.05, 0.1) is 5.54 Å². The smallest absolute Gasteiger partial charge is 0.0616 e. The summed E-state index contributed by atoms with van der Waals surface area (Å²) in [4.78, 5) is 5.02. The first-order valence-electron chi connectivity index (χ1n) is 7.03. The van der Waals surface area contributed by atoms with Crippen molar-refractivity contribution >= 4 is 22.1 Å². The van der Waals surface area contributed by atoms with Crippen molar-refractivity contribution in [3.8, 4) is 0 Å². The van der Waals surface area contributed by atoms with Gasteiger partial charge >= 0.3 is 0 Å². The second-order valence-corrected chi connectivity index (χ2v) is 7.42. The Hall–Kier alpha value is -0.630. The van der Waals surface area contributed by atoms with Crippen LogP contribution in [0, 0.1) is 17.8 Å². The Morgan fingerprint density at radius 2 is 1.94 bits per heavy atom. The lowest BCUT2D eigenvalue weighted by molar-refractivity contribution is 0.237.